The Morgan fingerprint density at radius 2 is 1.73 bits per heavy atom. The van der Waals surface area contributed by atoms with Crippen LogP contribution in [0, 0.1) is 0 Å². The number of hydrogen-bond donors (Lipinski definition) is 0. The molecule has 1 aromatic carbocycles. The Morgan fingerprint density at radius 1 is 1.03 bits per heavy atom. The molecular weight excluding hydrogens is 398 g/mol. The van der Waals surface area contributed by atoms with Crippen LogP contribution >= 0.6 is 11.8 Å². The molecule has 30 heavy (non-hydrogen) atoms. The molecule has 1 amide bonds. The molecule has 0 aliphatic carbocycles. The first-order chi connectivity index (χ1) is 14.6. The minimum absolute atomic E-state index is 0.168. The van der Waals surface area contributed by atoms with Crippen molar-refractivity contribution >= 4 is 29.2 Å². The molecule has 4 rings (SSSR count). The van der Waals surface area contributed by atoms with Gasteiger partial charge < -0.3 is 19.4 Å². The van der Waals surface area contributed by atoms with Crippen molar-refractivity contribution in [1.82, 2.24) is 14.9 Å². The summed E-state index contributed by atoms with van der Waals surface area (Å²) >= 11 is 1.49. The number of amides is 1. The van der Waals surface area contributed by atoms with Crippen molar-refractivity contribution in [2.24, 2.45) is 0 Å². The maximum Gasteiger partial charge on any atom is 0.233 e. The van der Waals surface area contributed by atoms with Crippen LogP contribution in [0.3, 0.4) is 0 Å². The first kappa shape index (κ1) is 20.9. The van der Waals surface area contributed by atoms with Crippen LogP contribution in [0.5, 0.6) is 0 Å². The molecule has 2 aliphatic rings. The number of morpholine rings is 1. The number of hydrogen-bond acceptors (Lipinski definition) is 7. The molecule has 2 fully saturated rings. The largest absolute Gasteiger partial charge is 0.372 e. The molecule has 0 bridgehead atoms. The number of ether oxygens (including phenoxy) is 1. The highest BCUT2D eigenvalue weighted by molar-refractivity contribution is 7.99. The minimum atomic E-state index is 0.168. The van der Waals surface area contributed by atoms with Crippen LogP contribution in [0.15, 0.2) is 47.8 Å². The van der Waals surface area contributed by atoms with E-state index >= 15 is 0 Å². The van der Waals surface area contributed by atoms with Gasteiger partial charge in [-0.15, -0.1) is 0 Å². The number of rotatable bonds is 5. The summed E-state index contributed by atoms with van der Waals surface area (Å²) in [5, 5.41) is 0.836. The molecule has 8 heteroatoms. The van der Waals surface area contributed by atoms with Crippen LogP contribution in [0.25, 0.3) is 0 Å². The Morgan fingerprint density at radius 3 is 2.43 bits per heavy atom. The lowest BCUT2D eigenvalue weighted by atomic mass is 10.2. The van der Waals surface area contributed by atoms with Crippen molar-refractivity contribution < 1.29 is 9.53 Å². The average molecular weight is 428 g/mol. The van der Waals surface area contributed by atoms with E-state index < -0.39 is 0 Å². The summed E-state index contributed by atoms with van der Waals surface area (Å²) < 4.78 is 5.81. The second-order valence-corrected chi connectivity index (χ2v) is 8.86. The Labute approximate surface area is 182 Å². The van der Waals surface area contributed by atoms with Crippen LogP contribution in [-0.2, 0) is 9.53 Å². The molecule has 2 aliphatic heterocycles. The number of thioether (sulfide) groups is 1. The van der Waals surface area contributed by atoms with Crippen LogP contribution < -0.4 is 9.80 Å². The maximum absolute atomic E-state index is 12.7. The van der Waals surface area contributed by atoms with E-state index in [1.807, 2.05) is 17.0 Å². The highest BCUT2D eigenvalue weighted by Gasteiger charge is 2.24. The molecule has 2 atom stereocenters. The first-order valence-corrected chi connectivity index (χ1v) is 11.5. The maximum atomic E-state index is 12.7. The molecular formula is C22H29N5O2S. The van der Waals surface area contributed by atoms with Crippen molar-refractivity contribution in [3.05, 3.63) is 42.7 Å². The lowest BCUT2D eigenvalue weighted by Gasteiger charge is -2.36. The van der Waals surface area contributed by atoms with Crippen LogP contribution in [0.4, 0.5) is 11.5 Å². The summed E-state index contributed by atoms with van der Waals surface area (Å²) in [5.74, 6) is 1.47. The van der Waals surface area contributed by atoms with Gasteiger partial charge in [-0.2, -0.15) is 0 Å². The number of nitrogens with zero attached hydrogens (tertiary/aromatic N) is 5. The number of carbonyl (C=O) groups is 1. The number of aromatic nitrogens is 2. The third-order valence-electron chi connectivity index (χ3n) is 5.47. The standard InChI is InChI=1S/C22H29N5O2S/c1-17-13-27(14-18(2)29-17)20-12-21(24-16-23-20)30-15-22(28)26-10-8-25(9-11-26)19-6-4-3-5-7-19/h3-7,12,16-18H,8-11,13-15H2,1-2H3. The van der Waals surface area contributed by atoms with Gasteiger partial charge in [0, 0.05) is 51.0 Å². The lowest BCUT2D eigenvalue weighted by Crippen LogP contribution is -2.49. The Balaban J connectivity index is 1.28. The van der Waals surface area contributed by atoms with Gasteiger partial charge in [-0.1, -0.05) is 30.0 Å². The van der Waals surface area contributed by atoms with Gasteiger partial charge in [-0.25, -0.2) is 9.97 Å². The molecule has 0 spiro atoms. The molecule has 160 valence electrons. The van der Waals surface area contributed by atoms with Crippen molar-refractivity contribution in [2.45, 2.75) is 31.1 Å². The third-order valence-corrected chi connectivity index (χ3v) is 6.38. The molecule has 1 aromatic heterocycles. The molecule has 2 unspecified atom stereocenters. The SMILES string of the molecule is CC1CN(c2cc(SCC(=O)N3CCN(c4ccccc4)CC3)ncn2)CC(C)O1. The number of benzene rings is 1. The van der Waals surface area contributed by atoms with Gasteiger partial charge in [0.1, 0.15) is 17.2 Å². The summed E-state index contributed by atoms with van der Waals surface area (Å²) in [4.78, 5) is 28.0. The van der Waals surface area contributed by atoms with E-state index in [2.05, 4.69) is 57.9 Å². The summed E-state index contributed by atoms with van der Waals surface area (Å²) in [6.07, 6.45) is 1.94. The van der Waals surface area contributed by atoms with Gasteiger partial charge in [0.15, 0.2) is 0 Å². The van der Waals surface area contributed by atoms with Crippen molar-refractivity contribution in [1.29, 1.82) is 0 Å². The minimum Gasteiger partial charge on any atom is -0.372 e. The zero-order chi connectivity index (χ0) is 20.9. The Hall–Kier alpha value is -2.32. The normalized spacial score (nSPS) is 22.3. The van der Waals surface area contributed by atoms with E-state index in [4.69, 9.17) is 4.74 Å². The predicted molar refractivity (Wildman–Crippen MR) is 120 cm³/mol. The Kier molecular flexibility index (Phi) is 6.74. The summed E-state index contributed by atoms with van der Waals surface area (Å²) in [6, 6.07) is 12.4. The average Bonchev–Trinajstić information content (AvgIpc) is 2.78. The van der Waals surface area contributed by atoms with Gasteiger partial charge in [0.05, 0.1) is 18.0 Å². The Bertz CT molecular complexity index is 834. The number of piperazine rings is 1. The molecule has 0 radical (unpaired) electrons. The van der Waals surface area contributed by atoms with Gasteiger partial charge >= 0.3 is 0 Å². The van der Waals surface area contributed by atoms with E-state index in [0.717, 1.165) is 50.1 Å². The summed E-state index contributed by atoms with van der Waals surface area (Å²) in [5.41, 5.74) is 1.22. The highest BCUT2D eigenvalue weighted by Crippen LogP contribution is 2.23. The zero-order valence-corrected chi connectivity index (χ0v) is 18.4. The number of carbonyl (C=O) groups excluding carboxylic acids is 1. The first-order valence-electron chi connectivity index (χ1n) is 10.5. The molecule has 2 saturated heterocycles. The number of anilines is 2. The highest BCUT2D eigenvalue weighted by atomic mass is 32.2. The quantitative estimate of drug-likeness (QED) is 0.537. The van der Waals surface area contributed by atoms with Gasteiger partial charge in [-0.3, -0.25) is 4.79 Å². The second kappa shape index (κ2) is 9.66. The van der Waals surface area contributed by atoms with Gasteiger partial charge in [0.25, 0.3) is 0 Å². The second-order valence-electron chi connectivity index (χ2n) is 7.87. The molecule has 7 nitrogen and oxygen atoms in total. The summed E-state index contributed by atoms with van der Waals surface area (Å²) in [6.45, 7) is 9.04. The van der Waals surface area contributed by atoms with Crippen molar-refractivity contribution in [2.75, 3.05) is 54.8 Å². The van der Waals surface area contributed by atoms with Crippen molar-refractivity contribution in [3.8, 4) is 0 Å². The van der Waals surface area contributed by atoms with Crippen LogP contribution in [0.2, 0.25) is 0 Å². The smallest absolute Gasteiger partial charge is 0.233 e. The van der Waals surface area contributed by atoms with E-state index in [1.54, 1.807) is 6.33 Å². The summed E-state index contributed by atoms with van der Waals surface area (Å²) in [7, 11) is 0. The predicted octanol–water partition coefficient (Wildman–Crippen LogP) is 2.53. The molecule has 2 aromatic rings. The van der Waals surface area contributed by atoms with Crippen LogP contribution in [-0.4, -0.2) is 78.0 Å². The van der Waals surface area contributed by atoms with E-state index in [0.29, 0.717) is 5.75 Å². The van der Waals surface area contributed by atoms with E-state index in [-0.39, 0.29) is 18.1 Å². The molecule has 3 heterocycles. The van der Waals surface area contributed by atoms with Crippen LogP contribution in [0.1, 0.15) is 13.8 Å². The third kappa shape index (κ3) is 5.23. The monoisotopic (exact) mass is 427 g/mol. The van der Waals surface area contributed by atoms with E-state index in [1.165, 1.54) is 17.4 Å². The fourth-order valence-electron chi connectivity index (χ4n) is 4.03. The van der Waals surface area contributed by atoms with Gasteiger partial charge in [0.2, 0.25) is 5.91 Å². The topological polar surface area (TPSA) is 61.8 Å². The van der Waals surface area contributed by atoms with Gasteiger partial charge in [-0.05, 0) is 26.0 Å². The van der Waals surface area contributed by atoms with E-state index in [9.17, 15) is 4.79 Å². The molecule has 0 saturated carbocycles. The lowest BCUT2D eigenvalue weighted by molar-refractivity contribution is -0.128. The van der Waals surface area contributed by atoms with Crippen molar-refractivity contribution in [3.63, 3.8) is 0 Å². The molecule has 0 N–H and O–H groups in total. The number of para-hydroxylation sites is 1. The fourth-order valence-corrected chi connectivity index (χ4v) is 4.79. The fraction of sp³-hybridized carbons (Fsp3) is 0.500. The zero-order valence-electron chi connectivity index (χ0n) is 17.6.